The Hall–Kier alpha value is -1.99. The molecule has 88 valence electrons. The molecule has 1 rings (SSSR count). The number of nitrogen functional groups attached to an aromatic ring is 1. The van der Waals surface area contributed by atoms with Gasteiger partial charge in [0.1, 0.15) is 11.6 Å². The summed E-state index contributed by atoms with van der Waals surface area (Å²) in [6.45, 7) is 0. The number of pyridine rings is 1. The number of esters is 1. The van der Waals surface area contributed by atoms with Gasteiger partial charge < -0.3 is 15.2 Å². The lowest BCUT2D eigenvalue weighted by atomic mass is 10.3. The Labute approximate surface area is 88.0 Å². The molecule has 0 aromatic carbocycles. The number of hydrogen-bond donors (Lipinski definition) is 1. The molecule has 0 bridgehead atoms. The molecule has 0 saturated carbocycles. The summed E-state index contributed by atoms with van der Waals surface area (Å²) in [6, 6.07) is 1.63. The average molecular weight is 236 g/mol. The average Bonchev–Trinajstić information content (AvgIpc) is 2.12. The van der Waals surface area contributed by atoms with Crippen molar-refractivity contribution in [1.82, 2.24) is 4.98 Å². The van der Waals surface area contributed by atoms with Crippen molar-refractivity contribution in [3.63, 3.8) is 0 Å². The number of alkyl halides is 3. The highest BCUT2D eigenvalue weighted by Crippen LogP contribution is 2.24. The van der Waals surface area contributed by atoms with Gasteiger partial charge in [0.05, 0.1) is 7.11 Å². The minimum Gasteiger partial charge on any atom is -0.464 e. The molecule has 0 fully saturated rings. The molecular weight excluding hydrogens is 229 g/mol. The summed E-state index contributed by atoms with van der Waals surface area (Å²) in [5, 5.41) is 0. The van der Waals surface area contributed by atoms with Crippen molar-refractivity contribution in [1.29, 1.82) is 0 Å². The number of ether oxygens (including phenoxy) is 2. The van der Waals surface area contributed by atoms with E-state index in [4.69, 9.17) is 5.73 Å². The van der Waals surface area contributed by atoms with Gasteiger partial charge in [0.15, 0.2) is 5.69 Å². The van der Waals surface area contributed by atoms with Gasteiger partial charge in [-0.05, 0) is 0 Å². The van der Waals surface area contributed by atoms with Crippen molar-refractivity contribution in [3.8, 4) is 5.75 Å². The number of anilines is 1. The fourth-order valence-electron chi connectivity index (χ4n) is 0.927. The topological polar surface area (TPSA) is 74.4 Å². The zero-order valence-corrected chi connectivity index (χ0v) is 8.04. The first-order valence-electron chi connectivity index (χ1n) is 3.93. The van der Waals surface area contributed by atoms with E-state index in [1.807, 2.05) is 0 Å². The van der Waals surface area contributed by atoms with Gasteiger partial charge in [0, 0.05) is 12.1 Å². The highest BCUT2D eigenvalue weighted by atomic mass is 19.4. The lowest BCUT2D eigenvalue weighted by Gasteiger charge is -2.09. The van der Waals surface area contributed by atoms with Crippen LogP contribution in [0.15, 0.2) is 12.1 Å². The Morgan fingerprint density at radius 1 is 1.44 bits per heavy atom. The maximum Gasteiger partial charge on any atom is 0.573 e. The van der Waals surface area contributed by atoms with E-state index in [0.29, 0.717) is 0 Å². The van der Waals surface area contributed by atoms with Crippen LogP contribution in [0.1, 0.15) is 10.5 Å². The van der Waals surface area contributed by atoms with Gasteiger partial charge in [0.25, 0.3) is 0 Å². The van der Waals surface area contributed by atoms with Crippen LogP contribution < -0.4 is 10.5 Å². The van der Waals surface area contributed by atoms with E-state index in [9.17, 15) is 18.0 Å². The summed E-state index contributed by atoms with van der Waals surface area (Å²) in [5.74, 6) is -1.80. The summed E-state index contributed by atoms with van der Waals surface area (Å²) in [6.07, 6.45) is -4.86. The Bertz CT molecular complexity index is 406. The maximum atomic E-state index is 11.9. The van der Waals surface area contributed by atoms with Crippen LogP contribution in [0, 0.1) is 0 Å². The second-order valence-electron chi connectivity index (χ2n) is 2.65. The molecule has 0 saturated heterocycles. The van der Waals surface area contributed by atoms with E-state index in [2.05, 4.69) is 14.5 Å². The zero-order valence-electron chi connectivity index (χ0n) is 8.04. The summed E-state index contributed by atoms with van der Waals surface area (Å²) in [5.41, 5.74) is 4.85. The third-order valence-electron chi connectivity index (χ3n) is 1.45. The molecule has 0 amide bonds. The van der Waals surface area contributed by atoms with Crippen molar-refractivity contribution in [2.24, 2.45) is 0 Å². The fraction of sp³-hybridized carbons (Fsp3) is 0.250. The third kappa shape index (κ3) is 3.30. The molecule has 5 nitrogen and oxygen atoms in total. The number of hydrogen-bond acceptors (Lipinski definition) is 5. The van der Waals surface area contributed by atoms with Gasteiger partial charge in [-0.1, -0.05) is 0 Å². The van der Waals surface area contributed by atoms with Crippen LogP contribution in [0.25, 0.3) is 0 Å². The lowest BCUT2D eigenvalue weighted by Crippen LogP contribution is -2.18. The van der Waals surface area contributed by atoms with E-state index in [0.717, 1.165) is 19.2 Å². The van der Waals surface area contributed by atoms with Gasteiger partial charge in [-0.25, -0.2) is 9.78 Å². The number of carbonyl (C=O) groups is 1. The summed E-state index contributed by atoms with van der Waals surface area (Å²) >= 11 is 0. The van der Waals surface area contributed by atoms with Crippen LogP contribution in [-0.4, -0.2) is 24.4 Å². The van der Waals surface area contributed by atoms with Crippen LogP contribution in [0.3, 0.4) is 0 Å². The Kier molecular flexibility index (Phi) is 3.21. The summed E-state index contributed by atoms with van der Waals surface area (Å²) in [4.78, 5) is 14.5. The summed E-state index contributed by atoms with van der Waals surface area (Å²) in [7, 11) is 1.07. The molecule has 0 aliphatic heterocycles. The number of aromatic nitrogens is 1. The quantitative estimate of drug-likeness (QED) is 0.784. The Balaban J connectivity index is 3.03. The minimum atomic E-state index is -4.86. The first kappa shape index (κ1) is 12.1. The largest absolute Gasteiger partial charge is 0.573 e. The standard InChI is InChI=1S/C8H7F3N2O3/c1-15-7(14)5-2-4(3-6(12)13-5)16-8(9,10)11/h2-3H,1H3,(H2,12,13). The number of nitrogens with two attached hydrogens (primary N) is 1. The second-order valence-corrected chi connectivity index (χ2v) is 2.65. The van der Waals surface area contributed by atoms with Gasteiger partial charge in [0.2, 0.25) is 0 Å². The SMILES string of the molecule is COC(=O)c1cc(OC(F)(F)F)cc(N)n1. The van der Waals surface area contributed by atoms with Crippen LogP contribution >= 0.6 is 0 Å². The van der Waals surface area contributed by atoms with Gasteiger partial charge >= 0.3 is 12.3 Å². The normalized spacial score (nSPS) is 11.0. The van der Waals surface area contributed by atoms with E-state index in [1.165, 1.54) is 0 Å². The number of nitrogens with zero attached hydrogens (tertiary/aromatic N) is 1. The van der Waals surface area contributed by atoms with Crippen LogP contribution in [-0.2, 0) is 4.74 Å². The lowest BCUT2D eigenvalue weighted by molar-refractivity contribution is -0.274. The van der Waals surface area contributed by atoms with Gasteiger partial charge in [-0.15, -0.1) is 13.2 Å². The van der Waals surface area contributed by atoms with E-state index < -0.39 is 18.1 Å². The highest BCUT2D eigenvalue weighted by Gasteiger charge is 2.31. The Morgan fingerprint density at radius 2 is 2.06 bits per heavy atom. The van der Waals surface area contributed by atoms with Crippen LogP contribution in [0.4, 0.5) is 19.0 Å². The molecule has 1 aromatic rings. The van der Waals surface area contributed by atoms with E-state index in [1.54, 1.807) is 0 Å². The van der Waals surface area contributed by atoms with Crippen LogP contribution in [0.5, 0.6) is 5.75 Å². The zero-order chi connectivity index (χ0) is 12.3. The maximum absolute atomic E-state index is 11.9. The first-order chi connectivity index (χ1) is 7.31. The molecule has 0 spiro atoms. The number of rotatable bonds is 2. The molecule has 0 atom stereocenters. The highest BCUT2D eigenvalue weighted by molar-refractivity contribution is 5.88. The molecule has 8 heteroatoms. The molecule has 2 N–H and O–H groups in total. The monoisotopic (exact) mass is 236 g/mol. The van der Waals surface area contributed by atoms with Crippen molar-refractivity contribution < 1.29 is 27.4 Å². The molecule has 0 unspecified atom stereocenters. The smallest absolute Gasteiger partial charge is 0.464 e. The molecule has 1 heterocycles. The fourth-order valence-corrected chi connectivity index (χ4v) is 0.927. The number of methoxy groups -OCH3 is 1. The predicted octanol–water partition coefficient (Wildman–Crippen LogP) is 1.35. The molecular formula is C8H7F3N2O3. The molecule has 1 aromatic heterocycles. The van der Waals surface area contributed by atoms with Crippen molar-refractivity contribution in [3.05, 3.63) is 17.8 Å². The third-order valence-corrected chi connectivity index (χ3v) is 1.45. The summed E-state index contributed by atoms with van der Waals surface area (Å²) < 4.78 is 43.5. The van der Waals surface area contributed by atoms with Gasteiger partial charge in [-0.2, -0.15) is 0 Å². The molecule has 0 radical (unpaired) electrons. The number of halogens is 3. The molecule has 0 aliphatic carbocycles. The van der Waals surface area contributed by atoms with E-state index >= 15 is 0 Å². The van der Waals surface area contributed by atoms with Crippen LogP contribution in [0.2, 0.25) is 0 Å². The minimum absolute atomic E-state index is 0.276. The Morgan fingerprint density at radius 3 is 2.56 bits per heavy atom. The molecule has 0 aliphatic rings. The number of carbonyl (C=O) groups excluding carboxylic acids is 1. The van der Waals surface area contributed by atoms with Crippen molar-refractivity contribution >= 4 is 11.8 Å². The van der Waals surface area contributed by atoms with Crippen molar-refractivity contribution in [2.45, 2.75) is 6.36 Å². The molecule has 16 heavy (non-hydrogen) atoms. The van der Waals surface area contributed by atoms with Gasteiger partial charge in [-0.3, -0.25) is 0 Å². The predicted molar refractivity (Wildman–Crippen MR) is 46.7 cm³/mol. The van der Waals surface area contributed by atoms with Crippen molar-refractivity contribution in [2.75, 3.05) is 12.8 Å². The first-order valence-corrected chi connectivity index (χ1v) is 3.93. The second kappa shape index (κ2) is 4.25. The van der Waals surface area contributed by atoms with E-state index in [-0.39, 0.29) is 11.5 Å².